The highest BCUT2D eigenvalue weighted by Crippen LogP contribution is 2.29. The highest BCUT2D eigenvalue weighted by atomic mass is 14.9. The number of para-hydroxylation sites is 1. The third-order valence-corrected chi connectivity index (χ3v) is 4.17. The zero-order valence-electron chi connectivity index (χ0n) is 13.7. The molecule has 0 spiro atoms. The van der Waals surface area contributed by atoms with Crippen molar-refractivity contribution in [1.82, 2.24) is 0 Å². The molecule has 2 aromatic rings. The molecule has 2 rings (SSSR count). The van der Waals surface area contributed by atoms with Crippen LogP contribution < -0.4 is 5.32 Å². The molecule has 0 fully saturated rings. The van der Waals surface area contributed by atoms with Crippen molar-refractivity contribution in [2.45, 2.75) is 52.0 Å². The summed E-state index contributed by atoms with van der Waals surface area (Å²) >= 11 is 0. The summed E-state index contributed by atoms with van der Waals surface area (Å²) in [6, 6.07) is 19.8. The van der Waals surface area contributed by atoms with Gasteiger partial charge in [-0.25, -0.2) is 0 Å². The topological polar surface area (TPSA) is 12.0 Å². The molecule has 1 heteroatoms. The summed E-state index contributed by atoms with van der Waals surface area (Å²) in [7, 11) is 0. The summed E-state index contributed by atoms with van der Waals surface area (Å²) in [5.74, 6) is 0. The molecule has 0 radical (unpaired) electrons. The molecule has 21 heavy (non-hydrogen) atoms. The number of hydrogen-bond donors (Lipinski definition) is 1. The fourth-order valence-corrected chi connectivity index (χ4v) is 3.06. The lowest BCUT2D eigenvalue weighted by Gasteiger charge is -2.30. The van der Waals surface area contributed by atoms with Gasteiger partial charge >= 0.3 is 0 Å². The maximum absolute atomic E-state index is 3.69. The van der Waals surface area contributed by atoms with E-state index in [1.54, 1.807) is 0 Å². The van der Waals surface area contributed by atoms with E-state index in [2.05, 4.69) is 87.6 Å². The Hall–Kier alpha value is -1.76. The minimum atomic E-state index is 0.175. The summed E-state index contributed by atoms with van der Waals surface area (Å²) in [5, 5.41) is 3.69. The third kappa shape index (κ3) is 4.10. The smallest absolute Gasteiger partial charge is 0.0374 e. The lowest BCUT2D eigenvalue weighted by atomic mass is 9.79. The van der Waals surface area contributed by atoms with Crippen molar-refractivity contribution in [2.75, 3.05) is 5.32 Å². The van der Waals surface area contributed by atoms with Crippen LogP contribution in [0, 0.1) is 0 Å². The van der Waals surface area contributed by atoms with E-state index in [4.69, 9.17) is 0 Å². The molecule has 0 bridgehead atoms. The molecular formula is C20H27N. The molecular weight excluding hydrogens is 254 g/mol. The lowest BCUT2D eigenvalue weighted by Crippen LogP contribution is -2.28. The van der Waals surface area contributed by atoms with E-state index < -0.39 is 0 Å². The maximum Gasteiger partial charge on any atom is 0.0374 e. The third-order valence-electron chi connectivity index (χ3n) is 4.17. The quantitative estimate of drug-likeness (QED) is 0.745. The number of rotatable bonds is 6. The highest BCUT2D eigenvalue weighted by molar-refractivity contribution is 5.51. The molecule has 2 aromatic carbocycles. The van der Waals surface area contributed by atoms with Crippen molar-refractivity contribution in [2.24, 2.45) is 0 Å². The standard InChI is InChI=1S/C20H27N/c1-5-17-11-9-10-14-19(17)21-16(2)15-20(3,4)18-12-7-6-8-13-18/h6-14,16,21H,5,15H2,1-4H3. The summed E-state index contributed by atoms with van der Waals surface area (Å²) in [5.41, 5.74) is 4.25. The number of anilines is 1. The van der Waals surface area contributed by atoms with E-state index in [-0.39, 0.29) is 5.41 Å². The van der Waals surface area contributed by atoms with Crippen LogP contribution in [0.5, 0.6) is 0 Å². The van der Waals surface area contributed by atoms with E-state index >= 15 is 0 Å². The molecule has 0 aromatic heterocycles. The molecule has 1 atom stereocenters. The second-order valence-corrected chi connectivity index (χ2v) is 6.51. The predicted octanol–water partition coefficient (Wildman–Crippen LogP) is 5.42. The van der Waals surface area contributed by atoms with Crippen LogP contribution in [0.15, 0.2) is 54.6 Å². The first kappa shape index (κ1) is 15.6. The van der Waals surface area contributed by atoms with Gasteiger partial charge in [-0.05, 0) is 42.4 Å². The number of nitrogens with one attached hydrogen (secondary N) is 1. The molecule has 1 unspecified atom stereocenters. The first-order chi connectivity index (χ1) is 10.0. The zero-order valence-corrected chi connectivity index (χ0v) is 13.7. The second-order valence-electron chi connectivity index (χ2n) is 6.51. The fourth-order valence-electron chi connectivity index (χ4n) is 3.06. The molecule has 0 aliphatic carbocycles. The Morgan fingerprint density at radius 2 is 1.57 bits per heavy atom. The van der Waals surface area contributed by atoms with Gasteiger partial charge < -0.3 is 5.32 Å². The van der Waals surface area contributed by atoms with Crippen molar-refractivity contribution >= 4 is 5.69 Å². The van der Waals surface area contributed by atoms with Gasteiger partial charge in [-0.15, -0.1) is 0 Å². The van der Waals surface area contributed by atoms with Gasteiger partial charge in [0.15, 0.2) is 0 Å². The normalized spacial score (nSPS) is 13.0. The van der Waals surface area contributed by atoms with Crippen LogP contribution in [0.2, 0.25) is 0 Å². The summed E-state index contributed by atoms with van der Waals surface area (Å²) < 4.78 is 0. The average molecular weight is 281 g/mol. The molecule has 0 saturated carbocycles. The van der Waals surface area contributed by atoms with Gasteiger partial charge in [0.1, 0.15) is 0 Å². The van der Waals surface area contributed by atoms with Crippen molar-refractivity contribution < 1.29 is 0 Å². The van der Waals surface area contributed by atoms with Crippen LogP contribution in [0.1, 0.15) is 45.2 Å². The van der Waals surface area contributed by atoms with Gasteiger partial charge in [0.25, 0.3) is 0 Å². The van der Waals surface area contributed by atoms with Gasteiger partial charge in [0.2, 0.25) is 0 Å². The summed E-state index contributed by atoms with van der Waals surface area (Å²) in [6.45, 7) is 9.13. The molecule has 0 saturated heterocycles. The predicted molar refractivity (Wildman–Crippen MR) is 93.0 cm³/mol. The van der Waals surface area contributed by atoms with Crippen LogP contribution in [0.3, 0.4) is 0 Å². The van der Waals surface area contributed by atoms with E-state index in [9.17, 15) is 0 Å². The Morgan fingerprint density at radius 1 is 0.952 bits per heavy atom. The Balaban J connectivity index is 2.06. The second kappa shape index (κ2) is 6.80. The maximum atomic E-state index is 3.69. The Labute approximate surface area is 129 Å². The van der Waals surface area contributed by atoms with Crippen LogP contribution in [-0.2, 0) is 11.8 Å². The van der Waals surface area contributed by atoms with Crippen molar-refractivity contribution in [3.8, 4) is 0 Å². The molecule has 0 aliphatic heterocycles. The van der Waals surface area contributed by atoms with Crippen molar-refractivity contribution in [3.05, 3.63) is 65.7 Å². The Morgan fingerprint density at radius 3 is 2.24 bits per heavy atom. The fraction of sp³-hybridized carbons (Fsp3) is 0.400. The lowest BCUT2D eigenvalue weighted by molar-refractivity contribution is 0.450. The van der Waals surface area contributed by atoms with Crippen LogP contribution >= 0.6 is 0 Å². The minimum Gasteiger partial charge on any atom is -0.382 e. The van der Waals surface area contributed by atoms with E-state index in [1.165, 1.54) is 16.8 Å². The number of hydrogen-bond acceptors (Lipinski definition) is 1. The van der Waals surface area contributed by atoms with E-state index in [0.29, 0.717) is 6.04 Å². The van der Waals surface area contributed by atoms with Crippen LogP contribution in [0.25, 0.3) is 0 Å². The SMILES string of the molecule is CCc1ccccc1NC(C)CC(C)(C)c1ccccc1. The Bertz CT molecular complexity index is 557. The van der Waals surface area contributed by atoms with Crippen LogP contribution in [-0.4, -0.2) is 6.04 Å². The Kier molecular flexibility index (Phi) is 5.06. The van der Waals surface area contributed by atoms with Gasteiger partial charge in [-0.3, -0.25) is 0 Å². The largest absolute Gasteiger partial charge is 0.382 e. The molecule has 1 nitrogen and oxygen atoms in total. The van der Waals surface area contributed by atoms with Gasteiger partial charge in [-0.1, -0.05) is 69.3 Å². The average Bonchev–Trinajstić information content (AvgIpc) is 2.48. The minimum absolute atomic E-state index is 0.175. The molecule has 1 N–H and O–H groups in total. The van der Waals surface area contributed by atoms with Crippen LogP contribution in [0.4, 0.5) is 5.69 Å². The van der Waals surface area contributed by atoms with Gasteiger partial charge in [0, 0.05) is 11.7 Å². The number of benzene rings is 2. The molecule has 112 valence electrons. The van der Waals surface area contributed by atoms with Gasteiger partial charge in [0.05, 0.1) is 0 Å². The monoisotopic (exact) mass is 281 g/mol. The van der Waals surface area contributed by atoms with Gasteiger partial charge in [-0.2, -0.15) is 0 Å². The number of aryl methyl sites for hydroxylation is 1. The summed E-state index contributed by atoms with van der Waals surface area (Å²) in [4.78, 5) is 0. The van der Waals surface area contributed by atoms with E-state index in [0.717, 1.165) is 12.8 Å². The first-order valence-electron chi connectivity index (χ1n) is 7.93. The zero-order chi connectivity index (χ0) is 15.3. The first-order valence-corrected chi connectivity index (χ1v) is 7.93. The van der Waals surface area contributed by atoms with Crippen molar-refractivity contribution in [1.29, 1.82) is 0 Å². The molecule has 0 aliphatic rings. The molecule has 0 heterocycles. The molecule has 0 amide bonds. The van der Waals surface area contributed by atoms with E-state index in [1.807, 2.05) is 0 Å². The highest BCUT2D eigenvalue weighted by Gasteiger charge is 2.23. The summed E-state index contributed by atoms with van der Waals surface area (Å²) in [6.07, 6.45) is 2.17. The van der Waals surface area contributed by atoms with Crippen molar-refractivity contribution in [3.63, 3.8) is 0 Å².